The Kier molecular flexibility index (Phi) is 8.32. The van der Waals surface area contributed by atoms with E-state index in [-0.39, 0.29) is 36.4 Å². The van der Waals surface area contributed by atoms with Crippen LogP contribution in [0.15, 0.2) is 47.8 Å². The minimum Gasteiger partial charge on any atom is -0.507 e. The number of aromatic hydroxyl groups is 1. The molecule has 1 aliphatic heterocycles. The molecule has 2 heterocycles. The highest BCUT2D eigenvalue weighted by molar-refractivity contribution is 7.09. The number of aryl methyl sites for hydroxylation is 1. The van der Waals surface area contributed by atoms with Crippen LogP contribution in [0.1, 0.15) is 39.5 Å². The Bertz CT molecular complexity index is 1260. The molecule has 0 atom stereocenters. The van der Waals surface area contributed by atoms with E-state index in [1.807, 2.05) is 30.5 Å². The third-order valence-corrected chi connectivity index (χ3v) is 6.88. The van der Waals surface area contributed by atoms with Crippen LogP contribution >= 0.6 is 11.3 Å². The number of carbonyl (C=O) groups is 3. The maximum Gasteiger partial charge on any atom is 0.251 e. The summed E-state index contributed by atoms with van der Waals surface area (Å²) in [6.07, 6.45) is 2.02. The topological polar surface area (TPSA) is 112 Å². The number of amides is 3. The second-order valence-electron chi connectivity index (χ2n) is 8.85. The van der Waals surface area contributed by atoms with Gasteiger partial charge >= 0.3 is 0 Å². The number of fused-ring (bicyclic) bond motifs is 5. The summed E-state index contributed by atoms with van der Waals surface area (Å²) in [5.41, 5.74) is 3.53. The summed E-state index contributed by atoms with van der Waals surface area (Å²) in [5, 5.41) is 19.0. The molecule has 3 amide bonds. The number of carbonyl (C=O) groups excluding carboxylic acids is 3. The Hall–Kier alpha value is -3.72. The maximum atomic E-state index is 13.0. The second-order valence-corrected chi connectivity index (χ2v) is 9.91. The molecule has 0 unspecified atom stereocenters. The van der Waals surface area contributed by atoms with Crippen molar-refractivity contribution in [2.45, 2.75) is 32.6 Å². The molecule has 3 N–H and O–H groups in total. The lowest BCUT2D eigenvalue weighted by Crippen LogP contribution is -2.42. The molecular formula is C27H30N4O4S. The van der Waals surface area contributed by atoms with E-state index < -0.39 is 0 Å². The molecule has 36 heavy (non-hydrogen) atoms. The van der Waals surface area contributed by atoms with Crippen molar-refractivity contribution < 1.29 is 19.5 Å². The van der Waals surface area contributed by atoms with Gasteiger partial charge in [0.1, 0.15) is 5.75 Å². The van der Waals surface area contributed by atoms with Gasteiger partial charge in [0.2, 0.25) is 11.8 Å². The molecule has 188 valence electrons. The summed E-state index contributed by atoms with van der Waals surface area (Å²) < 4.78 is 0. The van der Waals surface area contributed by atoms with Gasteiger partial charge in [0, 0.05) is 36.1 Å². The van der Waals surface area contributed by atoms with Crippen LogP contribution < -0.4 is 10.6 Å². The standard InChI is InChI=1S/C27H30N4O4S/c1-18-30-22(17-36-18)15-26(34)31-12-3-2-10-29-27(35)21-6-4-5-20(14-21)23-13-19(7-8-24(23)32)9-11-28-25(33)16-31/h4-8,13-14,17,32H,2-3,9-12,15-16H2,1H3,(H,28,33)(H,29,35). The van der Waals surface area contributed by atoms with Gasteiger partial charge in [0.25, 0.3) is 5.91 Å². The van der Waals surface area contributed by atoms with Gasteiger partial charge in [0.15, 0.2) is 0 Å². The molecule has 4 bridgehead atoms. The zero-order valence-corrected chi connectivity index (χ0v) is 21.1. The van der Waals surface area contributed by atoms with Crippen molar-refractivity contribution in [3.63, 3.8) is 0 Å². The number of hydrogen-bond donors (Lipinski definition) is 3. The number of nitrogens with one attached hydrogen (secondary N) is 2. The van der Waals surface area contributed by atoms with Gasteiger partial charge in [-0.25, -0.2) is 4.98 Å². The quantitative estimate of drug-likeness (QED) is 0.495. The fraction of sp³-hybridized carbons (Fsp3) is 0.333. The van der Waals surface area contributed by atoms with Gasteiger partial charge in [-0.15, -0.1) is 11.3 Å². The molecule has 0 saturated carbocycles. The summed E-state index contributed by atoms with van der Waals surface area (Å²) in [6, 6.07) is 12.5. The number of phenolic OH excluding ortho intramolecular Hbond substituents is 1. The van der Waals surface area contributed by atoms with E-state index in [0.29, 0.717) is 55.7 Å². The predicted molar refractivity (Wildman–Crippen MR) is 139 cm³/mol. The van der Waals surface area contributed by atoms with Crippen molar-refractivity contribution in [3.05, 3.63) is 69.7 Å². The number of aromatic nitrogens is 1. The highest BCUT2D eigenvalue weighted by Crippen LogP contribution is 2.30. The molecule has 3 aromatic rings. The fourth-order valence-corrected chi connectivity index (χ4v) is 4.77. The number of nitrogens with zero attached hydrogens (tertiary/aromatic N) is 2. The summed E-state index contributed by atoms with van der Waals surface area (Å²) in [5.74, 6) is -0.438. The first-order chi connectivity index (χ1) is 17.4. The summed E-state index contributed by atoms with van der Waals surface area (Å²) in [4.78, 5) is 44.3. The number of benzene rings is 2. The first kappa shape index (κ1) is 25.4. The lowest BCUT2D eigenvalue weighted by atomic mass is 9.98. The normalized spacial score (nSPS) is 15.4. The van der Waals surface area contributed by atoms with Gasteiger partial charge in [-0.05, 0) is 61.6 Å². The van der Waals surface area contributed by atoms with E-state index in [1.165, 1.54) is 11.3 Å². The zero-order chi connectivity index (χ0) is 25.5. The van der Waals surface area contributed by atoms with Crippen LogP contribution in [0.2, 0.25) is 0 Å². The van der Waals surface area contributed by atoms with Crippen molar-refractivity contribution in [3.8, 4) is 16.9 Å². The maximum absolute atomic E-state index is 13.0. The molecule has 0 saturated heterocycles. The van der Waals surface area contributed by atoms with Crippen molar-refractivity contribution in [2.24, 2.45) is 0 Å². The molecule has 0 radical (unpaired) electrons. The van der Waals surface area contributed by atoms with E-state index in [0.717, 1.165) is 16.1 Å². The first-order valence-corrected chi connectivity index (χ1v) is 12.9. The summed E-state index contributed by atoms with van der Waals surface area (Å²) in [6.45, 7) is 3.13. The van der Waals surface area contributed by atoms with E-state index in [1.54, 1.807) is 29.2 Å². The largest absolute Gasteiger partial charge is 0.507 e. The zero-order valence-electron chi connectivity index (χ0n) is 20.3. The molecule has 1 aliphatic rings. The van der Waals surface area contributed by atoms with Crippen LogP contribution in [0.25, 0.3) is 11.1 Å². The predicted octanol–water partition coefficient (Wildman–Crippen LogP) is 3.08. The first-order valence-electron chi connectivity index (χ1n) is 12.0. The van der Waals surface area contributed by atoms with Crippen LogP contribution in [0.3, 0.4) is 0 Å². The summed E-state index contributed by atoms with van der Waals surface area (Å²) in [7, 11) is 0. The third-order valence-electron chi connectivity index (χ3n) is 6.06. The Labute approximate surface area is 214 Å². The Morgan fingerprint density at radius 1 is 1.08 bits per heavy atom. The number of rotatable bonds is 2. The Morgan fingerprint density at radius 3 is 2.72 bits per heavy atom. The molecule has 4 rings (SSSR count). The highest BCUT2D eigenvalue weighted by atomic mass is 32.1. The monoisotopic (exact) mass is 506 g/mol. The van der Waals surface area contributed by atoms with E-state index in [4.69, 9.17) is 0 Å². The van der Waals surface area contributed by atoms with Crippen LogP contribution in [-0.4, -0.2) is 58.9 Å². The molecule has 8 nitrogen and oxygen atoms in total. The average molecular weight is 507 g/mol. The fourth-order valence-electron chi connectivity index (χ4n) is 4.15. The number of hydrogen-bond acceptors (Lipinski definition) is 6. The van der Waals surface area contributed by atoms with Gasteiger partial charge in [0.05, 0.1) is 23.7 Å². The molecule has 1 aromatic heterocycles. The van der Waals surface area contributed by atoms with Crippen molar-refractivity contribution in [2.75, 3.05) is 26.2 Å². The van der Waals surface area contributed by atoms with Crippen molar-refractivity contribution in [1.82, 2.24) is 20.5 Å². The Balaban J connectivity index is 1.51. The SMILES string of the molecule is Cc1nc(CC(=O)N2CCCCNC(=O)c3cccc(c3)-c3cc(ccc3O)CCNC(=O)C2)cs1. The van der Waals surface area contributed by atoms with Gasteiger partial charge in [-0.1, -0.05) is 18.2 Å². The third kappa shape index (κ3) is 6.69. The minimum atomic E-state index is -0.223. The Morgan fingerprint density at radius 2 is 1.92 bits per heavy atom. The molecule has 2 aromatic carbocycles. The van der Waals surface area contributed by atoms with Gasteiger partial charge in [-0.2, -0.15) is 0 Å². The van der Waals surface area contributed by atoms with Crippen LogP contribution in [0.4, 0.5) is 0 Å². The lowest BCUT2D eigenvalue weighted by Gasteiger charge is -2.22. The minimum absolute atomic E-state index is 0.0281. The van der Waals surface area contributed by atoms with Crippen LogP contribution in [0.5, 0.6) is 5.75 Å². The van der Waals surface area contributed by atoms with Crippen molar-refractivity contribution in [1.29, 1.82) is 0 Å². The van der Waals surface area contributed by atoms with E-state index in [9.17, 15) is 19.5 Å². The molecule has 9 heteroatoms. The number of thiazole rings is 1. The van der Waals surface area contributed by atoms with Crippen LogP contribution in [-0.2, 0) is 22.4 Å². The van der Waals surface area contributed by atoms with Crippen molar-refractivity contribution >= 4 is 29.1 Å². The summed E-state index contributed by atoms with van der Waals surface area (Å²) >= 11 is 1.49. The highest BCUT2D eigenvalue weighted by Gasteiger charge is 2.19. The van der Waals surface area contributed by atoms with E-state index in [2.05, 4.69) is 15.6 Å². The molecular weight excluding hydrogens is 476 g/mol. The molecule has 0 spiro atoms. The molecule has 0 aliphatic carbocycles. The van der Waals surface area contributed by atoms with E-state index >= 15 is 0 Å². The van der Waals surface area contributed by atoms with Crippen LogP contribution in [0, 0.1) is 6.92 Å². The molecule has 0 fully saturated rings. The lowest BCUT2D eigenvalue weighted by molar-refractivity contribution is -0.135. The second kappa shape index (κ2) is 11.8. The number of phenols is 1. The van der Waals surface area contributed by atoms with Gasteiger partial charge in [-0.3, -0.25) is 14.4 Å². The van der Waals surface area contributed by atoms with Gasteiger partial charge < -0.3 is 20.6 Å². The average Bonchev–Trinajstić information content (AvgIpc) is 3.27. The smallest absolute Gasteiger partial charge is 0.251 e.